The van der Waals surface area contributed by atoms with Gasteiger partial charge in [0.25, 0.3) is 0 Å². The molecule has 0 aliphatic carbocycles. The molecule has 1 amide bonds. The SMILES string of the molecule is CCCNC(=O)CN(C)c1nc(NN)nc2sc(C)cc12. The highest BCUT2D eigenvalue weighted by molar-refractivity contribution is 7.18. The molecule has 2 aromatic heterocycles. The molecule has 0 unspecified atom stereocenters. The van der Waals surface area contributed by atoms with E-state index in [4.69, 9.17) is 5.84 Å². The summed E-state index contributed by atoms with van der Waals surface area (Å²) in [6.07, 6.45) is 0.915. The van der Waals surface area contributed by atoms with Crippen molar-refractivity contribution in [3.05, 3.63) is 10.9 Å². The quantitative estimate of drug-likeness (QED) is 0.549. The highest BCUT2D eigenvalue weighted by Gasteiger charge is 2.15. The van der Waals surface area contributed by atoms with Crippen LogP contribution in [0.15, 0.2) is 6.07 Å². The zero-order valence-corrected chi connectivity index (χ0v) is 13.3. The minimum Gasteiger partial charge on any atom is -0.355 e. The third-order valence-electron chi connectivity index (χ3n) is 2.94. The maximum absolute atomic E-state index is 11.8. The summed E-state index contributed by atoms with van der Waals surface area (Å²) >= 11 is 1.57. The molecule has 7 nitrogen and oxygen atoms in total. The number of hydrogen-bond donors (Lipinski definition) is 3. The van der Waals surface area contributed by atoms with Crippen LogP contribution in [-0.2, 0) is 4.79 Å². The first-order chi connectivity index (χ1) is 10.0. The number of nitrogens with two attached hydrogens (primary N) is 1. The second kappa shape index (κ2) is 6.68. The summed E-state index contributed by atoms with van der Waals surface area (Å²) in [5.41, 5.74) is 2.47. The minimum absolute atomic E-state index is 0.0275. The van der Waals surface area contributed by atoms with Crippen molar-refractivity contribution in [2.45, 2.75) is 20.3 Å². The average molecular weight is 308 g/mol. The zero-order chi connectivity index (χ0) is 15.4. The maximum Gasteiger partial charge on any atom is 0.240 e. The molecule has 4 N–H and O–H groups in total. The molecular weight excluding hydrogens is 288 g/mol. The van der Waals surface area contributed by atoms with Gasteiger partial charge in [-0.15, -0.1) is 11.3 Å². The summed E-state index contributed by atoms with van der Waals surface area (Å²) in [6, 6.07) is 2.02. The van der Waals surface area contributed by atoms with Gasteiger partial charge in [-0.1, -0.05) is 6.92 Å². The van der Waals surface area contributed by atoms with E-state index < -0.39 is 0 Å². The molecule has 0 saturated heterocycles. The summed E-state index contributed by atoms with van der Waals surface area (Å²) in [5.74, 6) is 6.43. The van der Waals surface area contributed by atoms with Gasteiger partial charge in [0.05, 0.1) is 11.9 Å². The van der Waals surface area contributed by atoms with E-state index in [0.29, 0.717) is 18.3 Å². The van der Waals surface area contributed by atoms with Crippen LogP contribution >= 0.6 is 11.3 Å². The number of anilines is 2. The number of aryl methyl sites for hydroxylation is 1. The molecule has 0 atom stereocenters. The smallest absolute Gasteiger partial charge is 0.240 e. The Kier molecular flexibility index (Phi) is 4.92. The van der Waals surface area contributed by atoms with Gasteiger partial charge in [0, 0.05) is 18.5 Å². The number of fused-ring (bicyclic) bond motifs is 1. The second-order valence-corrected chi connectivity index (χ2v) is 6.03. The highest BCUT2D eigenvalue weighted by atomic mass is 32.1. The number of likely N-dealkylation sites (N-methyl/N-ethyl adjacent to an activating group) is 1. The van der Waals surface area contributed by atoms with E-state index in [0.717, 1.165) is 21.5 Å². The van der Waals surface area contributed by atoms with Gasteiger partial charge in [0.15, 0.2) is 0 Å². The monoisotopic (exact) mass is 308 g/mol. The average Bonchev–Trinajstić information content (AvgIpc) is 2.83. The van der Waals surface area contributed by atoms with Gasteiger partial charge in [0.1, 0.15) is 10.6 Å². The summed E-state index contributed by atoms with van der Waals surface area (Å²) in [5, 5.41) is 3.79. The third-order valence-corrected chi connectivity index (χ3v) is 3.88. The van der Waals surface area contributed by atoms with Crippen LogP contribution in [0.1, 0.15) is 18.2 Å². The molecule has 2 heterocycles. The Morgan fingerprint density at radius 2 is 2.24 bits per heavy atom. The van der Waals surface area contributed by atoms with E-state index in [-0.39, 0.29) is 12.5 Å². The van der Waals surface area contributed by atoms with Gasteiger partial charge in [0.2, 0.25) is 11.9 Å². The number of hydrogen-bond acceptors (Lipinski definition) is 7. The van der Waals surface area contributed by atoms with E-state index in [1.165, 1.54) is 0 Å². The first kappa shape index (κ1) is 15.5. The molecular formula is C13H20N6OS. The first-order valence-electron chi connectivity index (χ1n) is 6.77. The van der Waals surface area contributed by atoms with Crippen molar-refractivity contribution in [3.8, 4) is 0 Å². The Morgan fingerprint density at radius 3 is 2.90 bits per heavy atom. The van der Waals surface area contributed by atoms with Gasteiger partial charge in [-0.25, -0.2) is 10.8 Å². The number of aromatic nitrogens is 2. The van der Waals surface area contributed by atoms with Gasteiger partial charge in [-0.05, 0) is 19.4 Å². The molecule has 21 heavy (non-hydrogen) atoms. The number of carbonyl (C=O) groups is 1. The van der Waals surface area contributed by atoms with E-state index in [9.17, 15) is 4.79 Å². The van der Waals surface area contributed by atoms with E-state index in [1.54, 1.807) is 11.3 Å². The number of hydrazine groups is 1. The fourth-order valence-corrected chi connectivity index (χ4v) is 2.87. The summed E-state index contributed by atoms with van der Waals surface area (Å²) in [7, 11) is 1.83. The predicted octanol–water partition coefficient (Wildman–Crippen LogP) is 1.25. The summed E-state index contributed by atoms with van der Waals surface area (Å²) < 4.78 is 0. The number of thiophene rings is 1. The van der Waals surface area contributed by atoms with Gasteiger partial charge >= 0.3 is 0 Å². The Morgan fingerprint density at radius 1 is 1.48 bits per heavy atom. The lowest BCUT2D eigenvalue weighted by atomic mass is 10.3. The zero-order valence-electron chi connectivity index (χ0n) is 12.4. The summed E-state index contributed by atoms with van der Waals surface area (Å²) in [4.78, 5) is 24.3. The number of nitrogens with one attached hydrogen (secondary N) is 2. The van der Waals surface area contributed by atoms with Crippen LogP contribution in [0.2, 0.25) is 0 Å². The fourth-order valence-electron chi connectivity index (χ4n) is 1.99. The Hall–Kier alpha value is -1.93. The van der Waals surface area contributed by atoms with Crippen LogP contribution in [0, 0.1) is 6.92 Å². The number of nitrogen functional groups attached to an aromatic ring is 1. The van der Waals surface area contributed by atoms with E-state index >= 15 is 0 Å². The number of rotatable bonds is 6. The van der Waals surface area contributed by atoms with Crippen molar-refractivity contribution >= 4 is 39.2 Å². The first-order valence-corrected chi connectivity index (χ1v) is 7.59. The van der Waals surface area contributed by atoms with Crippen LogP contribution < -0.4 is 21.5 Å². The van der Waals surface area contributed by atoms with Crippen LogP contribution in [0.3, 0.4) is 0 Å². The second-order valence-electron chi connectivity index (χ2n) is 4.80. The molecule has 0 bridgehead atoms. The fraction of sp³-hybridized carbons (Fsp3) is 0.462. The lowest BCUT2D eigenvalue weighted by Gasteiger charge is -2.19. The number of carbonyl (C=O) groups excluding carboxylic acids is 1. The molecule has 2 aromatic rings. The van der Waals surface area contributed by atoms with E-state index in [2.05, 4.69) is 20.7 Å². The standard InChI is InChI=1S/C13H20N6OS/c1-4-5-15-10(20)7-19(3)11-9-6-8(2)21-12(9)17-13(16-11)18-14/h6H,4-5,7,14H2,1-3H3,(H,15,20)(H,16,17,18). The Labute approximate surface area is 127 Å². The summed E-state index contributed by atoms with van der Waals surface area (Å²) in [6.45, 7) is 4.95. The molecule has 0 fully saturated rings. The molecule has 114 valence electrons. The van der Waals surface area contributed by atoms with Gasteiger partial charge < -0.3 is 10.2 Å². The van der Waals surface area contributed by atoms with Gasteiger partial charge in [-0.3, -0.25) is 10.2 Å². The normalized spacial score (nSPS) is 10.7. The predicted molar refractivity (Wildman–Crippen MR) is 86.5 cm³/mol. The number of amides is 1. The van der Waals surface area contributed by atoms with Gasteiger partial charge in [-0.2, -0.15) is 4.98 Å². The topological polar surface area (TPSA) is 96.2 Å². The highest BCUT2D eigenvalue weighted by Crippen LogP contribution is 2.30. The largest absolute Gasteiger partial charge is 0.355 e. The van der Waals surface area contributed by atoms with Crippen LogP contribution in [0.5, 0.6) is 0 Å². The molecule has 0 aliphatic heterocycles. The van der Waals surface area contributed by atoms with Crippen LogP contribution in [-0.4, -0.2) is 36.0 Å². The Balaban J connectivity index is 2.28. The van der Waals surface area contributed by atoms with Crippen molar-refractivity contribution in [1.82, 2.24) is 15.3 Å². The molecule has 0 aromatic carbocycles. The third kappa shape index (κ3) is 3.59. The Bertz CT molecular complexity index is 641. The molecule has 2 rings (SSSR count). The molecule has 0 saturated carbocycles. The van der Waals surface area contributed by atoms with Crippen molar-refractivity contribution in [2.75, 3.05) is 30.5 Å². The maximum atomic E-state index is 11.8. The lowest BCUT2D eigenvalue weighted by Crippen LogP contribution is -2.36. The molecule has 0 aliphatic rings. The van der Waals surface area contributed by atoms with Crippen molar-refractivity contribution < 1.29 is 4.79 Å². The number of nitrogens with zero attached hydrogens (tertiary/aromatic N) is 3. The van der Waals surface area contributed by atoms with Crippen molar-refractivity contribution in [1.29, 1.82) is 0 Å². The van der Waals surface area contributed by atoms with Crippen LogP contribution in [0.25, 0.3) is 10.2 Å². The molecule has 0 spiro atoms. The molecule has 8 heteroatoms. The van der Waals surface area contributed by atoms with Crippen molar-refractivity contribution in [3.63, 3.8) is 0 Å². The minimum atomic E-state index is -0.0275. The van der Waals surface area contributed by atoms with E-state index in [1.807, 2.05) is 31.9 Å². The molecule has 0 radical (unpaired) electrons. The van der Waals surface area contributed by atoms with Crippen molar-refractivity contribution in [2.24, 2.45) is 5.84 Å². The lowest BCUT2D eigenvalue weighted by molar-refractivity contribution is -0.119. The van der Waals surface area contributed by atoms with Crippen LogP contribution in [0.4, 0.5) is 11.8 Å².